The van der Waals surface area contributed by atoms with E-state index in [1.807, 2.05) is 0 Å². The van der Waals surface area contributed by atoms with E-state index < -0.39 is 0 Å². The molecule has 0 radical (unpaired) electrons. The molecule has 0 spiro atoms. The van der Waals surface area contributed by atoms with Crippen LogP contribution in [0.1, 0.15) is 246 Å². The Labute approximate surface area is 808 Å². The van der Waals surface area contributed by atoms with E-state index in [0.717, 1.165) is 0 Å². The van der Waals surface area contributed by atoms with Crippen molar-refractivity contribution in [2.24, 2.45) is 0 Å². The molecule has 5 aliphatic rings. The molecule has 0 atom stereocenters. The lowest BCUT2D eigenvalue weighted by Crippen LogP contribution is -2.28. The molecule has 5 aliphatic carbocycles. The van der Waals surface area contributed by atoms with Gasteiger partial charge in [0.2, 0.25) is 0 Å². The molecular weight excluding hydrogens is 1630 g/mol. The first-order valence-electron chi connectivity index (χ1n) is 49.5. The predicted octanol–water partition coefficient (Wildman–Crippen LogP) is 37.0. The molecule has 0 heteroatoms. The lowest BCUT2D eigenvalue weighted by Gasteiger charge is -2.34. The quantitative estimate of drug-likeness (QED) is 0.114. The van der Waals surface area contributed by atoms with Crippen molar-refractivity contribution in [3.63, 3.8) is 0 Å². The number of hydrogen-bond donors (Lipinski definition) is 0. The maximum Gasteiger partial charge on any atom is 0.0713 e. The fourth-order valence-corrected chi connectivity index (χ4v) is 23.1. The minimum atomic E-state index is -0.358. The maximum atomic E-state index is 2.46. The highest BCUT2D eigenvalue weighted by Gasteiger charge is 2.49. The van der Waals surface area contributed by atoms with Gasteiger partial charge in [-0.05, 0) is 264 Å². The monoisotopic (exact) mass is 1760 g/mol. The van der Waals surface area contributed by atoms with Crippen LogP contribution in [0.15, 0.2) is 431 Å². The molecule has 0 unspecified atom stereocenters. The van der Waals surface area contributed by atoms with E-state index in [4.69, 9.17) is 0 Å². The second-order valence-electron chi connectivity index (χ2n) is 41.4. The van der Waals surface area contributed by atoms with Crippen LogP contribution in [0, 0.1) is 0 Å². The first-order chi connectivity index (χ1) is 65.9. The molecule has 0 aromatic heterocycles. The zero-order valence-electron chi connectivity index (χ0n) is 81.9. The Balaban J connectivity index is 0.000000106. The summed E-state index contributed by atoms with van der Waals surface area (Å²) in [6, 6.07) is 159. The number of hydrogen-bond acceptors (Lipinski definition) is 0. The van der Waals surface area contributed by atoms with Crippen LogP contribution in [0.5, 0.6) is 0 Å². The number of benzene rings is 19. The van der Waals surface area contributed by atoms with E-state index in [1.165, 1.54) is 216 Å². The van der Waals surface area contributed by atoms with Crippen LogP contribution >= 0.6 is 0 Å². The van der Waals surface area contributed by atoms with E-state index >= 15 is 0 Å². The minimum absolute atomic E-state index is 0.00310. The maximum absolute atomic E-state index is 2.46. The SMILES string of the molecule is CC(C)c1ccc2c(c1)-c1ccc(-c3ccccc3)cc1C2(C)C.CC(C)c1ccc2c(c1)C(C)(C)c1cc(-c3ccccc3)c3ccccc3c1-2.CC(C)c1ccc2c(c1)C(C)(C)c1ccc3ccccc3c1-2.CC(C)c1ccc2c(c1)C(c1ccccc1)(c1ccccc1)c1cc(-c3ccccc3)ccc1-2.CC(C)c1ccc2c(c1)C(c1ccccc1)(c1ccccc1)c1ccccc1-2. The molecular formula is C136H124. The molecule has 136 heavy (non-hydrogen) atoms. The fourth-order valence-electron chi connectivity index (χ4n) is 23.1. The van der Waals surface area contributed by atoms with Crippen LogP contribution in [0.4, 0.5) is 0 Å². The van der Waals surface area contributed by atoms with Crippen LogP contribution in [0.3, 0.4) is 0 Å². The molecule has 19 aromatic carbocycles. The second kappa shape index (κ2) is 36.2. The van der Waals surface area contributed by atoms with Crippen molar-refractivity contribution in [2.45, 2.75) is 167 Å². The van der Waals surface area contributed by atoms with E-state index in [0.29, 0.717) is 29.6 Å². The first kappa shape index (κ1) is 89.6. The smallest absolute Gasteiger partial charge is 0.0622 e. The summed E-state index contributed by atoms with van der Waals surface area (Å²) in [4.78, 5) is 0. The van der Waals surface area contributed by atoms with Crippen LogP contribution in [0.25, 0.3) is 111 Å². The molecule has 0 nitrogen and oxygen atoms in total. The molecule has 0 amide bonds. The van der Waals surface area contributed by atoms with Gasteiger partial charge >= 0.3 is 0 Å². The predicted molar refractivity (Wildman–Crippen MR) is 581 cm³/mol. The summed E-state index contributed by atoms with van der Waals surface area (Å²) in [5.74, 6) is 2.64. The van der Waals surface area contributed by atoms with E-state index in [2.05, 4.69) is 541 Å². The summed E-state index contributed by atoms with van der Waals surface area (Å²) < 4.78 is 0. The molecule has 24 rings (SSSR count). The summed E-state index contributed by atoms with van der Waals surface area (Å²) in [5.41, 5.74) is 47.7. The Morgan fingerprint density at radius 2 is 0.449 bits per heavy atom. The Kier molecular flexibility index (Phi) is 23.8. The van der Waals surface area contributed by atoms with E-state index in [-0.39, 0.29) is 27.1 Å². The van der Waals surface area contributed by atoms with Crippen LogP contribution < -0.4 is 0 Å². The third kappa shape index (κ3) is 15.4. The van der Waals surface area contributed by atoms with Crippen molar-refractivity contribution < 1.29 is 0 Å². The minimum Gasteiger partial charge on any atom is -0.0622 e. The Hall–Kier alpha value is -14.3. The third-order valence-electron chi connectivity index (χ3n) is 30.7. The van der Waals surface area contributed by atoms with Crippen molar-refractivity contribution in [2.75, 3.05) is 0 Å². The van der Waals surface area contributed by atoms with Crippen molar-refractivity contribution >= 4 is 21.5 Å². The largest absolute Gasteiger partial charge is 0.0713 e. The van der Waals surface area contributed by atoms with E-state index in [1.54, 1.807) is 0 Å². The van der Waals surface area contributed by atoms with Gasteiger partial charge in [0, 0.05) is 16.2 Å². The molecule has 0 saturated heterocycles. The van der Waals surface area contributed by atoms with Crippen molar-refractivity contribution in [1.29, 1.82) is 0 Å². The molecule has 0 bridgehead atoms. The van der Waals surface area contributed by atoms with Crippen LogP contribution in [-0.4, -0.2) is 0 Å². The van der Waals surface area contributed by atoms with Gasteiger partial charge in [0.25, 0.3) is 0 Å². The van der Waals surface area contributed by atoms with Crippen LogP contribution in [-0.2, 0) is 27.1 Å². The topological polar surface area (TPSA) is 0 Å². The molecule has 0 aliphatic heterocycles. The van der Waals surface area contributed by atoms with Gasteiger partial charge in [-0.25, -0.2) is 0 Å². The lowest BCUT2D eigenvalue weighted by atomic mass is 9.67. The summed E-state index contributed by atoms with van der Waals surface area (Å²) in [6.07, 6.45) is 0. The molecule has 668 valence electrons. The zero-order valence-corrected chi connectivity index (χ0v) is 81.9. The standard InChI is InChI=1S/C34H28.C28H26.C28H24.C24H24.C22H22/c1-24(2)26-18-20-30-31-21-19-27(25-12-6-3-7-13-25)23-33(31)34(32(30)22-26,28-14-8-4-9-15-28)29-16-10-5-11-17-29;1-18(2)20-14-15-23-25(16-20)28(3,4)26-17-24(19-10-6-5-7-11-19)21-12-8-9-13-22(21)27(23)26;1-20(2)21-17-18-25-24-15-9-10-16-26(24)28(27(25)19-21,22-11-5-3-6-12-22)23-13-7-4-8-14-23;1-16(2)18-11-13-22-21(14-18)20-12-10-19(15-23(20)24(22,3)4)17-8-6-5-7-9-17;1-14(2)16-9-11-18-20(13-16)22(3,4)19-12-10-15-7-5-6-8-17(15)21(18)19/h3-24H,1-2H3;5-18H,1-4H3;3-20H,1-2H3;5-16H,1-4H3;5-14H,1-4H3. The van der Waals surface area contributed by atoms with Crippen molar-refractivity contribution in [3.05, 3.63) is 536 Å². The normalized spacial score (nSPS) is 14.2. The van der Waals surface area contributed by atoms with Gasteiger partial charge in [-0.2, -0.15) is 0 Å². The van der Waals surface area contributed by atoms with E-state index in [9.17, 15) is 0 Å². The molecule has 0 heterocycles. The fraction of sp³-hybridized carbons (Fsp3) is 0.191. The Morgan fingerprint density at radius 1 is 0.154 bits per heavy atom. The lowest BCUT2D eigenvalue weighted by molar-refractivity contribution is 0.658. The highest BCUT2D eigenvalue weighted by atomic mass is 14.5. The summed E-state index contributed by atoms with van der Waals surface area (Å²) in [6.45, 7) is 36.9. The first-order valence-corrected chi connectivity index (χ1v) is 49.5. The van der Waals surface area contributed by atoms with Crippen LogP contribution in [0.2, 0.25) is 0 Å². The molecule has 19 aromatic rings. The molecule has 0 fully saturated rings. The van der Waals surface area contributed by atoms with Gasteiger partial charge in [-0.1, -0.05) is 523 Å². The highest BCUT2D eigenvalue weighted by Crippen LogP contribution is 2.61. The van der Waals surface area contributed by atoms with Gasteiger partial charge in [-0.3, -0.25) is 0 Å². The molecule has 0 N–H and O–H groups in total. The summed E-state index contributed by atoms with van der Waals surface area (Å²) >= 11 is 0. The summed E-state index contributed by atoms with van der Waals surface area (Å²) in [7, 11) is 0. The Bertz CT molecular complexity index is 7570. The van der Waals surface area contributed by atoms with Gasteiger partial charge < -0.3 is 0 Å². The Morgan fingerprint density at radius 3 is 0.904 bits per heavy atom. The van der Waals surface area contributed by atoms with Gasteiger partial charge in [0.15, 0.2) is 0 Å². The number of fused-ring (bicyclic) bond motifs is 19. The van der Waals surface area contributed by atoms with Crippen molar-refractivity contribution in [1.82, 2.24) is 0 Å². The zero-order chi connectivity index (χ0) is 94.1. The highest BCUT2D eigenvalue weighted by molar-refractivity contribution is 6.09. The summed E-state index contributed by atoms with van der Waals surface area (Å²) in [5, 5.41) is 5.41. The average molecular weight is 1760 g/mol. The number of rotatable bonds is 12. The third-order valence-corrected chi connectivity index (χ3v) is 30.7. The van der Waals surface area contributed by atoms with Gasteiger partial charge in [-0.15, -0.1) is 0 Å². The van der Waals surface area contributed by atoms with Crippen molar-refractivity contribution in [3.8, 4) is 89.0 Å². The van der Waals surface area contributed by atoms with Gasteiger partial charge in [0.05, 0.1) is 10.8 Å². The second-order valence-corrected chi connectivity index (χ2v) is 41.4. The molecule has 0 saturated carbocycles. The van der Waals surface area contributed by atoms with Gasteiger partial charge in [0.1, 0.15) is 0 Å². The average Bonchev–Trinajstić information content (AvgIpc) is 1.56.